The molecule has 1 aromatic carbocycles. The zero-order valence-corrected chi connectivity index (χ0v) is 13.2. The SMILES string of the molecule is Cc1cccc2[nH]c(C(=O)N3CC[C@@]4(CCCO4)C(=O)C3)cc12. The lowest BCUT2D eigenvalue weighted by Crippen LogP contribution is -2.53. The van der Waals surface area contributed by atoms with Crippen LogP contribution in [0.25, 0.3) is 10.9 Å². The van der Waals surface area contributed by atoms with Gasteiger partial charge in [0.2, 0.25) is 0 Å². The van der Waals surface area contributed by atoms with E-state index in [1.165, 1.54) is 0 Å². The van der Waals surface area contributed by atoms with Crippen molar-refractivity contribution in [3.8, 4) is 0 Å². The number of piperidine rings is 1. The summed E-state index contributed by atoms with van der Waals surface area (Å²) in [5, 5.41) is 1.05. The van der Waals surface area contributed by atoms with Crippen LogP contribution in [0.5, 0.6) is 0 Å². The average molecular weight is 312 g/mol. The lowest BCUT2D eigenvalue weighted by molar-refractivity contribution is -0.144. The molecule has 0 bridgehead atoms. The fourth-order valence-corrected chi connectivity index (χ4v) is 3.73. The van der Waals surface area contributed by atoms with Crippen LogP contribution in [0, 0.1) is 6.92 Å². The third-order valence-electron chi connectivity index (χ3n) is 5.13. The smallest absolute Gasteiger partial charge is 0.270 e. The number of rotatable bonds is 1. The molecular weight excluding hydrogens is 292 g/mol. The monoisotopic (exact) mass is 312 g/mol. The van der Waals surface area contributed by atoms with Crippen molar-refractivity contribution in [2.24, 2.45) is 0 Å². The van der Waals surface area contributed by atoms with E-state index in [1.807, 2.05) is 31.2 Å². The number of H-pyrrole nitrogens is 1. The number of Topliss-reactive ketones (excluding diaryl/α,β-unsaturated/α-hetero) is 1. The summed E-state index contributed by atoms with van der Waals surface area (Å²) in [6.07, 6.45) is 2.33. The Balaban J connectivity index is 1.57. The highest BCUT2D eigenvalue weighted by molar-refractivity contribution is 6.01. The van der Waals surface area contributed by atoms with Crippen LogP contribution in [-0.4, -0.2) is 46.9 Å². The highest BCUT2D eigenvalue weighted by atomic mass is 16.5. The maximum Gasteiger partial charge on any atom is 0.270 e. The van der Waals surface area contributed by atoms with Gasteiger partial charge in [0.05, 0.1) is 6.54 Å². The predicted molar refractivity (Wildman–Crippen MR) is 86.5 cm³/mol. The largest absolute Gasteiger partial charge is 0.367 e. The fraction of sp³-hybridized carbons (Fsp3) is 0.444. The molecule has 1 atom stereocenters. The topological polar surface area (TPSA) is 62.4 Å². The van der Waals surface area contributed by atoms with Gasteiger partial charge in [-0.25, -0.2) is 0 Å². The van der Waals surface area contributed by atoms with E-state index in [-0.39, 0.29) is 18.2 Å². The number of benzene rings is 1. The van der Waals surface area contributed by atoms with Gasteiger partial charge in [-0.1, -0.05) is 12.1 Å². The van der Waals surface area contributed by atoms with Crippen molar-refractivity contribution in [3.63, 3.8) is 0 Å². The van der Waals surface area contributed by atoms with Crippen molar-refractivity contribution in [2.45, 2.75) is 31.8 Å². The zero-order valence-electron chi connectivity index (χ0n) is 13.2. The molecular formula is C18H20N2O3. The summed E-state index contributed by atoms with van der Waals surface area (Å²) in [6.45, 7) is 3.39. The molecule has 5 nitrogen and oxygen atoms in total. The van der Waals surface area contributed by atoms with Crippen molar-refractivity contribution in [1.82, 2.24) is 9.88 Å². The molecule has 1 aromatic heterocycles. The Morgan fingerprint density at radius 2 is 2.22 bits per heavy atom. The van der Waals surface area contributed by atoms with Gasteiger partial charge in [-0.15, -0.1) is 0 Å². The number of fused-ring (bicyclic) bond motifs is 1. The first-order valence-corrected chi connectivity index (χ1v) is 8.14. The molecule has 3 heterocycles. The van der Waals surface area contributed by atoms with Gasteiger partial charge in [0.1, 0.15) is 11.3 Å². The van der Waals surface area contributed by atoms with Gasteiger partial charge < -0.3 is 14.6 Å². The molecule has 2 saturated heterocycles. The summed E-state index contributed by atoms with van der Waals surface area (Å²) in [7, 11) is 0. The molecule has 4 rings (SSSR count). The van der Waals surface area contributed by atoms with Crippen LogP contribution in [0.2, 0.25) is 0 Å². The first-order valence-electron chi connectivity index (χ1n) is 8.14. The number of aromatic amines is 1. The van der Waals surface area contributed by atoms with E-state index in [9.17, 15) is 9.59 Å². The van der Waals surface area contributed by atoms with Crippen molar-refractivity contribution in [3.05, 3.63) is 35.5 Å². The standard InChI is InChI=1S/C18H20N2O3/c1-12-4-2-5-14-13(12)10-15(19-14)17(22)20-8-7-18(16(21)11-20)6-3-9-23-18/h2,4-5,10,19H,3,6-9,11H2,1H3/t18-/m0/s1. The molecule has 0 saturated carbocycles. The van der Waals surface area contributed by atoms with Crippen LogP contribution in [-0.2, 0) is 9.53 Å². The van der Waals surface area contributed by atoms with Gasteiger partial charge in [-0.2, -0.15) is 0 Å². The molecule has 0 aliphatic carbocycles. The summed E-state index contributed by atoms with van der Waals surface area (Å²) in [6, 6.07) is 7.83. The molecule has 1 N–H and O–H groups in total. The highest BCUT2D eigenvalue weighted by Crippen LogP contribution is 2.33. The Labute approximate surface area is 134 Å². The second-order valence-corrected chi connectivity index (χ2v) is 6.57. The Morgan fingerprint density at radius 3 is 2.91 bits per heavy atom. The van der Waals surface area contributed by atoms with Crippen molar-refractivity contribution < 1.29 is 14.3 Å². The molecule has 1 spiro atoms. The van der Waals surface area contributed by atoms with Crippen LogP contribution in [0.15, 0.2) is 24.3 Å². The highest BCUT2D eigenvalue weighted by Gasteiger charge is 2.46. The number of nitrogens with one attached hydrogen (secondary N) is 1. The normalized spacial score (nSPS) is 24.7. The minimum absolute atomic E-state index is 0.0434. The Bertz CT molecular complexity index is 787. The van der Waals surface area contributed by atoms with Crippen LogP contribution < -0.4 is 0 Å². The number of carbonyl (C=O) groups excluding carboxylic acids is 2. The molecule has 23 heavy (non-hydrogen) atoms. The maximum absolute atomic E-state index is 12.7. The van der Waals surface area contributed by atoms with Gasteiger partial charge in [0.15, 0.2) is 5.78 Å². The summed E-state index contributed by atoms with van der Waals surface area (Å²) in [4.78, 5) is 30.0. The Morgan fingerprint density at radius 1 is 1.35 bits per heavy atom. The number of aryl methyl sites for hydroxylation is 1. The molecule has 0 unspecified atom stereocenters. The second-order valence-electron chi connectivity index (χ2n) is 6.57. The van der Waals surface area contributed by atoms with E-state index in [4.69, 9.17) is 4.74 Å². The Kier molecular flexibility index (Phi) is 3.27. The molecule has 2 aliphatic heterocycles. The Hall–Kier alpha value is -2.14. The van der Waals surface area contributed by atoms with Crippen LogP contribution in [0.4, 0.5) is 0 Å². The first kappa shape index (κ1) is 14.5. The molecule has 2 aromatic rings. The van der Waals surface area contributed by atoms with Crippen molar-refractivity contribution >= 4 is 22.6 Å². The van der Waals surface area contributed by atoms with Gasteiger partial charge in [0.25, 0.3) is 5.91 Å². The van der Waals surface area contributed by atoms with Gasteiger partial charge in [-0.05, 0) is 37.5 Å². The number of nitrogens with zero attached hydrogens (tertiary/aromatic N) is 1. The van der Waals surface area contributed by atoms with Gasteiger partial charge in [-0.3, -0.25) is 9.59 Å². The summed E-state index contributed by atoms with van der Waals surface area (Å²) < 4.78 is 5.70. The molecule has 1 amide bonds. The number of ether oxygens (including phenoxy) is 1. The lowest BCUT2D eigenvalue weighted by atomic mass is 9.87. The second kappa shape index (κ2) is 5.20. The van der Waals surface area contributed by atoms with Crippen LogP contribution >= 0.6 is 0 Å². The number of likely N-dealkylation sites (tertiary alicyclic amines) is 1. The third kappa shape index (κ3) is 2.27. The maximum atomic E-state index is 12.7. The molecule has 0 radical (unpaired) electrons. The molecule has 5 heteroatoms. The number of carbonyl (C=O) groups is 2. The van der Waals surface area contributed by atoms with E-state index in [1.54, 1.807) is 4.90 Å². The van der Waals surface area contributed by atoms with Crippen LogP contribution in [0.1, 0.15) is 35.3 Å². The van der Waals surface area contributed by atoms with Gasteiger partial charge >= 0.3 is 0 Å². The number of amides is 1. The number of hydrogen-bond donors (Lipinski definition) is 1. The van der Waals surface area contributed by atoms with E-state index in [0.717, 1.165) is 29.3 Å². The number of aromatic nitrogens is 1. The summed E-state index contributed by atoms with van der Waals surface area (Å²) in [5.41, 5.74) is 2.01. The third-order valence-corrected chi connectivity index (χ3v) is 5.13. The molecule has 2 aliphatic rings. The fourth-order valence-electron chi connectivity index (χ4n) is 3.73. The summed E-state index contributed by atoms with van der Waals surface area (Å²) >= 11 is 0. The minimum Gasteiger partial charge on any atom is -0.367 e. The van der Waals surface area contributed by atoms with E-state index < -0.39 is 5.60 Å². The predicted octanol–water partition coefficient (Wildman–Crippen LogP) is 2.44. The molecule has 120 valence electrons. The van der Waals surface area contributed by atoms with Crippen LogP contribution in [0.3, 0.4) is 0 Å². The van der Waals surface area contributed by atoms with Gasteiger partial charge in [0, 0.05) is 30.5 Å². The minimum atomic E-state index is -0.617. The van der Waals surface area contributed by atoms with E-state index in [0.29, 0.717) is 25.3 Å². The average Bonchev–Trinajstić information content (AvgIpc) is 3.18. The van der Waals surface area contributed by atoms with Crippen molar-refractivity contribution in [1.29, 1.82) is 0 Å². The summed E-state index contributed by atoms with van der Waals surface area (Å²) in [5.74, 6) is -0.0660. The molecule has 2 fully saturated rings. The number of ketones is 1. The van der Waals surface area contributed by atoms with E-state index >= 15 is 0 Å². The lowest BCUT2D eigenvalue weighted by Gasteiger charge is -2.36. The van der Waals surface area contributed by atoms with E-state index in [2.05, 4.69) is 4.98 Å². The zero-order chi connectivity index (χ0) is 16.0. The quantitative estimate of drug-likeness (QED) is 0.880. The van der Waals surface area contributed by atoms with Crippen molar-refractivity contribution in [2.75, 3.05) is 19.7 Å². The number of hydrogen-bond acceptors (Lipinski definition) is 3. The first-order chi connectivity index (χ1) is 11.1.